The Morgan fingerprint density at radius 2 is 1.87 bits per heavy atom. The second-order valence-corrected chi connectivity index (χ2v) is 4.29. The van der Waals surface area contributed by atoms with Crippen LogP contribution in [0.15, 0.2) is 0 Å². The third-order valence-corrected chi connectivity index (χ3v) is 2.99. The number of aliphatic hydroxyl groups is 1. The first kappa shape index (κ1) is 12.5. The Morgan fingerprint density at radius 1 is 1.27 bits per heavy atom. The highest BCUT2D eigenvalue weighted by atomic mass is 16.4. The van der Waals surface area contributed by atoms with Crippen molar-refractivity contribution in [1.82, 2.24) is 5.32 Å². The van der Waals surface area contributed by atoms with Gasteiger partial charge < -0.3 is 15.5 Å². The van der Waals surface area contributed by atoms with Crippen molar-refractivity contribution in [2.24, 2.45) is 0 Å². The van der Waals surface area contributed by atoms with E-state index in [9.17, 15) is 4.79 Å². The number of hydrogen-bond donors (Lipinski definition) is 3. The molecule has 0 bridgehead atoms. The molecule has 0 radical (unpaired) electrons. The lowest BCUT2D eigenvalue weighted by Crippen LogP contribution is -2.33. The molecule has 1 fully saturated rings. The lowest BCUT2D eigenvalue weighted by atomic mass is 10.1. The first-order chi connectivity index (χ1) is 7.20. The summed E-state index contributed by atoms with van der Waals surface area (Å²) in [5.41, 5.74) is 0. The summed E-state index contributed by atoms with van der Waals surface area (Å²) in [6.45, 7) is 0.595. The maximum absolute atomic E-state index is 10.4. The molecule has 0 aromatic carbocycles. The van der Waals surface area contributed by atoms with E-state index in [0.717, 1.165) is 0 Å². The molecule has 1 aliphatic rings. The number of hydrogen-bond acceptors (Lipinski definition) is 3. The van der Waals surface area contributed by atoms with E-state index in [0.29, 0.717) is 19.0 Å². The molecule has 0 aromatic rings. The number of carboxylic acids is 1. The van der Waals surface area contributed by atoms with E-state index in [-0.39, 0.29) is 0 Å². The quantitative estimate of drug-likeness (QED) is 0.601. The van der Waals surface area contributed by atoms with Crippen LogP contribution in [0, 0.1) is 0 Å². The molecule has 0 amide bonds. The average molecular weight is 215 g/mol. The van der Waals surface area contributed by atoms with E-state index >= 15 is 0 Å². The van der Waals surface area contributed by atoms with Gasteiger partial charge in [-0.3, -0.25) is 0 Å². The largest absolute Gasteiger partial charge is 0.479 e. The normalized spacial score (nSPS) is 20.9. The minimum atomic E-state index is -1.22. The van der Waals surface area contributed by atoms with Gasteiger partial charge in [-0.2, -0.15) is 0 Å². The molecule has 0 spiro atoms. The molecular weight excluding hydrogens is 194 g/mol. The van der Waals surface area contributed by atoms with Gasteiger partial charge in [0, 0.05) is 6.04 Å². The van der Waals surface area contributed by atoms with Gasteiger partial charge in [0.2, 0.25) is 0 Å². The molecule has 4 nitrogen and oxygen atoms in total. The minimum Gasteiger partial charge on any atom is -0.479 e. The number of nitrogens with one attached hydrogen (secondary N) is 1. The van der Waals surface area contributed by atoms with Gasteiger partial charge in [0.1, 0.15) is 0 Å². The summed E-state index contributed by atoms with van der Waals surface area (Å²) in [5, 5.41) is 20.9. The van der Waals surface area contributed by atoms with Crippen LogP contribution in [-0.4, -0.2) is 34.9 Å². The van der Waals surface area contributed by atoms with Crippen molar-refractivity contribution < 1.29 is 15.0 Å². The number of carbonyl (C=O) groups is 1. The first-order valence-electron chi connectivity index (χ1n) is 5.84. The fourth-order valence-corrected chi connectivity index (χ4v) is 2.03. The SMILES string of the molecule is O=C(O)C(O)CCNC1CCCCCC1. The van der Waals surface area contributed by atoms with Crippen LogP contribution < -0.4 is 5.32 Å². The average Bonchev–Trinajstić information content (AvgIpc) is 2.46. The Labute approximate surface area is 90.7 Å². The molecule has 0 aliphatic heterocycles. The third-order valence-electron chi connectivity index (χ3n) is 2.99. The van der Waals surface area contributed by atoms with Gasteiger partial charge in [0.05, 0.1) is 0 Å². The van der Waals surface area contributed by atoms with Crippen molar-refractivity contribution in [3.8, 4) is 0 Å². The summed E-state index contributed by atoms with van der Waals surface area (Å²) in [4.78, 5) is 10.4. The van der Waals surface area contributed by atoms with Gasteiger partial charge in [0.25, 0.3) is 0 Å². The lowest BCUT2D eigenvalue weighted by molar-refractivity contribution is -0.146. The van der Waals surface area contributed by atoms with Gasteiger partial charge in [-0.15, -0.1) is 0 Å². The van der Waals surface area contributed by atoms with Gasteiger partial charge in [-0.05, 0) is 25.8 Å². The second kappa shape index (κ2) is 6.80. The summed E-state index contributed by atoms with van der Waals surface area (Å²) < 4.78 is 0. The van der Waals surface area contributed by atoms with Crippen LogP contribution in [0.3, 0.4) is 0 Å². The number of rotatable bonds is 5. The van der Waals surface area contributed by atoms with Crippen LogP contribution in [0.1, 0.15) is 44.9 Å². The molecule has 1 unspecified atom stereocenters. The van der Waals surface area contributed by atoms with Crippen LogP contribution in [-0.2, 0) is 4.79 Å². The van der Waals surface area contributed by atoms with E-state index in [4.69, 9.17) is 10.2 Å². The van der Waals surface area contributed by atoms with Crippen LogP contribution in [0.4, 0.5) is 0 Å². The Bertz CT molecular complexity index is 188. The first-order valence-corrected chi connectivity index (χ1v) is 5.84. The Balaban J connectivity index is 2.10. The number of carboxylic acid groups (broad SMARTS) is 1. The molecule has 0 heterocycles. The lowest BCUT2D eigenvalue weighted by Gasteiger charge is -2.16. The highest BCUT2D eigenvalue weighted by Gasteiger charge is 2.15. The van der Waals surface area contributed by atoms with E-state index in [1.54, 1.807) is 0 Å². The zero-order valence-corrected chi connectivity index (χ0v) is 9.11. The van der Waals surface area contributed by atoms with E-state index < -0.39 is 12.1 Å². The molecule has 1 saturated carbocycles. The summed E-state index contributed by atoms with van der Waals surface area (Å²) in [6.07, 6.45) is 6.60. The fraction of sp³-hybridized carbons (Fsp3) is 0.909. The monoisotopic (exact) mass is 215 g/mol. The predicted octanol–water partition coefficient (Wildman–Crippen LogP) is 1.13. The second-order valence-electron chi connectivity index (χ2n) is 4.29. The van der Waals surface area contributed by atoms with E-state index in [2.05, 4.69) is 5.32 Å². The maximum atomic E-state index is 10.4. The zero-order valence-electron chi connectivity index (χ0n) is 9.11. The number of aliphatic carboxylic acids is 1. The summed E-state index contributed by atoms with van der Waals surface area (Å²) in [6, 6.07) is 0.522. The highest BCUT2D eigenvalue weighted by Crippen LogP contribution is 2.17. The van der Waals surface area contributed by atoms with E-state index in [1.807, 2.05) is 0 Å². The van der Waals surface area contributed by atoms with Crippen LogP contribution in [0.5, 0.6) is 0 Å². The van der Waals surface area contributed by atoms with Crippen LogP contribution >= 0.6 is 0 Å². The van der Waals surface area contributed by atoms with Gasteiger partial charge in [-0.1, -0.05) is 25.7 Å². The van der Waals surface area contributed by atoms with Crippen molar-refractivity contribution >= 4 is 5.97 Å². The topological polar surface area (TPSA) is 69.6 Å². The molecule has 1 atom stereocenters. The predicted molar refractivity (Wildman–Crippen MR) is 57.8 cm³/mol. The highest BCUT2D eigenvalue weighted by molar-refractivity contribution is 5.71. The van der Waals surface area contributed by atoms with Crippen molar-refractivity contribution in [1.29, 1.82) is 0 Å². The Morgan fingerprint density at radius 3 is 2.40 bits per heavy atom. The molecule has 1 rings (SSSR count). The summed E-state index contributed by atoms with van der Waals surface area (Å²) in [5.74, 6) is -1.13. The maximum Gasteiger partial charge on any atom is 0.332 e. The van der Waals surface area contributed by atoms with Gasteiger partial charge in [-0.25, -0.2) is 4.79 Å². The van der Waals surface area contributed by atoms with Crippen molar-refractivity contribution in [3.05, 3.63) is 0 Å². The summed E-state index contributed by atoms with van der Waals surface area (Å²) in [7, 11) is 0. The van der Waals surface area contributed by atoms with Crippen molar-refractivity contribution in [3.63, 3.8) is 0 Å². The molecule has 3 N–H and O–H groups in total. The standard InChI is InChI=1S/C11H21NO3/c13-10(11(14)15)7-8-12-9-5-3-1-2-4-6-9/h9-10,12-13H,1-8H2,(H,14,15). The summed E-state index contributed by atoms with van der Waals surface area (Å²) >= 11 is 0. The van der Waals surface area contributed by atoms with Crippen LogP contribution in [0.2, 0.25) is 0 Å². The Hall–Kier alpha value is -0.610. The molecule has 15 heavy (non-hydrogen) atoms. The third kappa shape index (κ3) is 5.14. The molecule has 4 heteroatoms. The number of aliphatic hydroxyl groups excluding tert-OH is 1. The fourth-order valence-electron chi connectivity index (χ4n) is 2.03. The van der Waals surface area contributed by atoms with Crippen molar-refractivity contribution in [2.45, 2.75) is 57.1 Å². The van der Waals surface area contributed by atoms with Gasteiger partial charge >= 0.3 is 5.97 Å². The molecule has 88 valence electrons. The van der Waals surface area contributed by atoms with Gasteiger partial charge in [0.15, 0.2) is 6.10 Å². The Kier molecular flexibility index (Phi) is 5.65. The smallest absolute Gasteiger partial charge is 0.332 e. The van der Waals surface area contributed by atoms with Crippen LogP contribution in [0.25, 0.3) is 0 Å². The van der Waals surface area contributed by atoms with E-state index in [1.165, 1.54) is 38.5 Å². The van der Waals surface area contributed by atoms with Crippen molar-refractivity contribution in [2.75, 3.05) is 6.54 Å². The molecule has 1 aliphatic carbocycles. The molecular formula is C11H21NO3. The minimum absolute atomic E-state index is 0.297. The molecule has 0 saturated heterocycles. The zero-order chi connectivity index (χ0) is 11.1. The molecule has 0 aromatic heterocycles.